The lowest BCUT2D eigenvalue weighted by molar-refractivity contribution is 0.161. The van der Waals surface area contributed by atoms with Crippen LogP contribution in [0, 0.1) is 25.7 Å². The fourth-order valence-corrected chi connectivity index (χ4v) is 3.48. The Labute approximate surface area is 112 Å². The molecule has 1 heteroatoms. The molecule has 2 N–H and O–H groups in total. The van der Waals surface area contributed by atoms with Crippen molar-refractivity contribution in [1.82, 2.24) is 0 Å². The van der Waals surface area contributed by atoms with Gasteiger partial charge in [0.2, 0.25) is 0 Å². The van der Waals surface area contributed by atoms with Crippen LogP contribution in [-0.4, -0.2) is 5.54 Å². The van der Waals surface area contributed by atoms with Crippen molar-refractivity contribution in [2.45, 2.75) is 58.9 Å². The molecule has 1 nitrogen and oxygen atoms in total. The van der Waals surface area contributed by atoms with E-state index in [-0.39, 0.29) is 5.54 Å². The highest BCUT2D eigenvalue weighted by Gasteiger charge is 2.37. The normalized spacial score (nSPS) is 32.5. The second-order valence-corrected chi connectivity index (χ2v) is 6.57. The Hall–Kier alpha value is -0.820. The molecule has 2 rings (SSSR count). The number of benzene rings is 1. The van der Waals surface area contributed by atoms with Crippen LogP contribution in [0.15, 0.2) is 18.2 Å². The summed E-state index contributed by atoms with van der Waals surface area (Å²) >= 11 is 0. The number of nitrogens with two attached hydrogens (primary N) is 1. The van der Waals surface area contributed by atoms with E-state index in [1.807, 2.05) is 0 Å². The molecule has 1 saturated carbocycles. The molecule has 1 aliphatic rings. The molecule has 1 aromatic rings. The molecular weight excluding hydrogens is 218 g/mol. The van der Waals surface area contributed by atoms with Gasteiger partial charge in [-0.05, 0) is 61.6 Å². The standard InChI is InChI=1S/C17H27N/c1-12-8-9-15(4)17(18,10-12)11-16-13(2)6-5-7-14(16)3/h5-7,12,15H,8-11,18H2,1-4H3. The topological polar surface area (TPSA) is 26.0 Å². The van der Waals surface area contributed by atoms with E-state index < -0.39 is 0 Å². The Morgan fingerprint density at radius 3 is 2.39 bits per heavy atom. The number of rotatable bonds is 2. The van der Waals surface area contributed by atoms with Gasteiger partial charge in [0.25, 0.3) is 0 Å². The summed E-state index contributed by atoms with van der Waals surface area (Å²) in [4.78, 5) is 0. The summed E-state index contributed by atoms with van der Waals surface area (Å²) < 4.78 is 0. The minimum Gasteiger partial charge on any atom is -0.325 e. The van der Waals surface area contributed by atoms with E-state index in [0.29, 0.717) is 5.92 Å². The first-order valence-electron chi connectivity index (χ1n) is 7.26. The first kappa shape index (κ1) is 13.6. The Morgan fingerprint density at radius 2 is 1.78 bits per heavy atom. The molecule has 0 aliphatic heterocycles. The van der Waals surface area contributed by atoms with Crippen LogP contribution in [0.3, 0.4) is 0 Å². The predicted molar refractivity (Wildman–Crippen MR) is 78.7 cm³/mol. The van der Waals surface area contributed by atoms with Gasteiger partial charge >= 0.3 is 0 Å². The smallest absolute Gasteiger partial charge is 0.0223 e. The van der Waals surface area contributed by atoms with E-state index in [2.05, 4.69) is 45.9 Å². The predicted octanol–water partition coefficient (Wildman–Crippen LogP) is 4.00. The van der Waals surface area contributed by atoms with Crippen molar-refractivity contribution in [2.75, 3.05) is 0 Å². The van der Waals surface area contributed by atoms with Crippen LogP contribution in [0.4, 0.5) is 0 Å². The van der Waals surface area contributed by atoms with Crippen molar-refractivity contribution < 1.29 is 0 Å². The van der Waals surface area contributed by atoms with Crippen molar-refractivity contribution in [3.8, 4) is 0 Å². The average molecular weight is 245 g/mol. The Bertz CT molecular complexity index is 403. The second-order valence-electron chi connectivity index (χ2n) is 6.57. The molecule has 1 aromatic carbocycles. The second kappa shape index (κ2) is 5.05. The van der Waals surface area contributed by atoms with Crippen LogP contribution >= 0.6 is 0 Å². The molecule has 0 amide bonds. The van der Waals surface area contributed by atoms with Crippen molar-refractivity contribution in [3.05, 3.63) is 34.9 Å². The van der Waals surface area contributed by atoms with Crippen LogP contribution < -0.4 is 5.73 Å². The fourth-order valence-electron chi connectivity index (χ4n) is 3.48. The molecule has 3 unspecified atom stereocenters. The molecule has 100 valence electrons. The third-order valence-corrected chi connectivity index (χ3v) is 4.95. The van der Waals surface area contributed by atoms with Gasteiger partial charge < -0.3 is 5.73 Å². The van der Waals surface area contributed by atoms with Crippen LogP contribution in [0.1, 0.15) is 49.8 Å². The summed E-state index contributed by atoms with van der Waals surface area (Å²) in [6.45, 7) is 9.10. The molecule has 0 spiro atoms. The van der Waals surface area contributed by atoms with Crippen LogP contribution in [-0.2, 0) is 6.42 Å². The summed E-state index contributed by atoms with van der Waals surface area (Å²) in [6, 6.07) is 6.56. The van der Waals surface area contributed by atoms with E-state index in [1.54, 1.807) is 0 Å². The van der Waals surface area contributed by atoms with Gasteiger partial charge in [-0.15, -0.1) is 0 Å². The van der Waals surface area contributed by atoms with Gasteiger partial charge in [-0.25, -0.2) is 0 Å². The molecule has 0 heterocycles. The zero-order chi connectivity index (χ0) is 13.3. The molecule has 0 radical (unpaired) electrons. The Morgan fingerprint density at radius 1 is 1.17 bits per heavy atom. The zero-order valence-corrected chi connectivity index (χ0v) is 12.3. The van der Waals surface area contributed by atoms with Gasteiger partial charge in [0.15, 0.2) is 0 Å². The van der Waals surface area contributed by atoms with Gasteiger partial charge in [-0.3, -0.25) is 0 Å². The number of aryl methyl sites for hydroxylation is 2. The maximum atomic E-state index is 6.76. The highest BCUT2D eigenvalue weighted by Crippen LogP contribution is 2.38. The zero-order valence-electron chi connectivity index (χ0n) is 12.3. The minimum absolute atomic E-state index is 0.00542. The summed E-state index contributed by atoms with van der Waals surface area (Å²) in [7, 11) is 0. The quantitative estimate of drug-likeness (QED) is 0.837. The van der Waals surface area contributed by atoms with Crippen LogP contribution in [0.2, 0.25) is 0 Å². The SMILES string of the molecule is Cc1cccc(C)c1CC1(N)CC(C)CCC1C. The van der Waals surface area contributed by atoms with E-state index in [4.69, 9.17) is 5.73 Å². The molecule has 0 saturated heterocycles. The lowest BCUT2D eigenvalue weighted by Crippen LogP contribution is -2.52. The lowest BCUT2D eigenvalue weighted by atomic mass is 9.67. The summed E-state index contributed by atoms with van der Waals surface area (Å²) in [6.07, 6.45) is 4.83. The molecule has 1 fully saturated rings. The van der Waals surface area contributed by atoms with Crippen molar-refractivity contribution in [3.63, 3.8) is 0 Å². The van der Waals surface area contributed by atoms with Crippen LogP contribution in [0.5, 0.6) is 0 Å². The third kappa shape index (κ3) is 2.61. The monoisotopic (exact) mass is 245 g/mol. The number of hydrogen-bond donors (Lipinski definition) is 1. The van der Waals surface area contributed by atoms with E-state index >= 15 is 0 Å². The molecule has 18 heavy (non-hydrogen) atoms. The summed E-state index contributed by atoms with van der Waals surface area (Å²) in [5.74, 6) is 1.41. The molecule has 0 bridgehead atoms. The first-order chi connectivity index (χ1) is 8.42. The van der Waals surface area contributed by atoms with Gasteiger partial charge in [0.1, 0.15) is 0 Å². The summed E-state index contributed by atoms with van der Waals surface area (Å²) in [5, 5.41) is 0. The third-order valence-electron chi connectivity index (χ3n) is 4.95. The van der Waals surface area contributed by atoms with E-state index in [9.17, 15) is 0 Å². The molecular formula is C17H27N. The van der Waals surface area contributed by atoms with Gasteiger partial charge in [-0.1, -0.05) is 38.5 Å². The maximum Gasteiger partial charge on any atom is 0.0223 e. The van der Waals surface area contributed by atoms with E-state index in [1.165, 1.54) is 36.0 Å². The van der Waals surface area contributed by atoms with Crippen LogP contribution in [0.25, 0.3) is 0 Å². The van der Waals surface area contributed by atoms with Gasteiger partial charge in [0, 0.05) is 5.54 Å². The van der Waals surface area contributed by atoms with Gasteiger partial charge in [0.05, 0.1) is 0 Å². The Balaban J connectivity index is 2.26. The van der Waals surface area contributed by atoms with Crippen molar-refractivity contribution in [1.29, 1.82) is 0 Å². The first-order valence-corrected chi connectivity index (χ1v) is 7.26. The minimum atomic E-state index is -0.00542. The Kier molecular flexibility index (Phi) is 3.82. The summed E-state index contributed by atoms with van der Waals surface area (Å²) in [5.41, 5.74) is 11.0. The lowest BCUT2D eigenvalue weighted by Gasteiger charge is -2.43. The highest BCUT2D eigenvalue weighted by atomic mass is 14.8. The maximum absolute atomic E-state index is 6.76. The van der Waals surface area contributed by atoms with E-state index in [0.717, 1.165) is 12.3 Å². The highest BCUT2D eigenvalue weighted by molar-refractivity contribution is 5.35. The fraction of sp³-hybridized carbons (Fsp3) is 0.647. The molecule has 1 aliphatic carbocycles. The van der Waals surface area contributed by atoms with Gasteiger partial charge in [-0.2, -0.15) is 0 Å². The molecule has 3 atom stereocenters. The average Bonchev–Trinajstić information content (AvgIpc) is 2.30. The van der Waals surface area contributed by atoms with Crippen molar-refractivity contribution in [2.24, 2.45) is 17.6 Å². The molecule has 0 aromatic heterocycles. The van der Waals surface area contributed by atoms with Crippen molar-refractivity contribution >= 4 is 0 Å². The largest absolute Gasteiger partial charge is 0.325 e. The number of hydrogen-bond acceptors (Lipinski definition) is 1.